The summed E-state index contributed by atoms with van der Waals surface area (Å²) in [5.41, 5.74) is 4.01. The minimum atomic E-state index is 0.0624. The highest BCUT2D eigenvalue weighted by molar-refractivity contribution is 8.20. The molecule has 0 amide bonds. The van der Waals surface area contributed by atoms with E-state index in [1.54, 1.807) is 7.11 Å². The highest BCUT2D eigenvalue weighted by atomic mass is 32.2. The van der Waals surface area contributed by atoms with Crippen molar-refractivity contribution in [3.8, 4) is 0 Å². The normalized spacial score (nSPS) is 17.2. The Balaban J connectivity index is 1.98. The van der Waals surface area contributed by atoms with Gasteiger partial charge >= 0.3 is 0 Å². The minimum absolute atomic E-state index is 0.0624. The molecule has 0 unspecified atom stereocenters. The summed E-state index contributed by atoms with van der Waals surface area (Å²) in [6, 6.07) is 19.7. The third-order valence-corrected chi connectivity index (χ3v) is 7.03. The van der Waals surface area contributed by atoms with Gasteiger partial charge < -0.3 is 4.74 Å². The molecule has 3 heteroatoms. The van der Waals surface area contributed by atoms with Gasteiger partial charge in [0.05, 0.1) is 6.61 Å². The van der Waals surface area contributed by atoms with Crippen LogP contribution in [0.4, 0.5) is 0 Å². The van der Waals surface area contributed by atoms with Gasteiger partial charge in [-0.3, -0.25) is 0 Å². The third-order valence-electron chi connectivity index (χ3n) is 3.49. The highest BCUT2D eigenvalue weighted by Gasteiger charge is 2.38. The number of hydrogen-bond donors (Lipinski definition) is 0. The summed E-state index contributed by atoms with van der Waals surface area (Å²) < 4.78 is 5.25. The zero-order valence-corrected chi connectivity index (χ0v) is 13.2. The summed E-state index contributed by atoms with van der Waals surface area (Å²) in [4.78, 5) is 0. The molecule has 104 valence electrons. The lowest BCUT2D eigenvalue weighted by Gasteiger charge is -2.28. The standard InChI is InChI=1S/C17H18OS2/c1-18-13-14-7-9-16(10-8-14)17(19-11-12-20-17)15-5-3-2-4-6-15/h2-10H,11-13H2,1H3. The zero-order valence-electron chi connectivity index (χ0n) is 11.5. The molecule has 0 aromatic heterocycles. The Hall–Kier alpha value is -0.900. The quantitative estimate of drug-likeness (QED) is 0.822. The van der Waals surface area contributed by atoms with E-state index in [1.807, 2.05) is 23.5 Å². The van der Waals surface area contributed by atoms with Crippen molar-refractivity contribution in [3.05, 3.63) is 71.3 Å². The second-order valence-electron chi connectivity index (χ2n) is 4.81. The van der Waals surface area contributed by atoms with Gasteiger partial charge in [0.25, 0.3) is 0 Å². The van der Waals surface area contributed by atoms with Crippen LogP contribution in [0.3, 0.4) is 0 Å². The maximum atomic E-state index is 5.19. The van der Waals surface area contributed by atoms with E-state index >= 15 is 0 Å². The zero-order chi connectivity index (χ0) is 13.8. The summed E-state index contributed by atoms with van der Waals surface area (Å²) in [6.45, 7) is 0.679. The average Bonchev–Trinajstić information content (AvgIpc) is 3.00. The monoisotopic (exact) mass is 302 g/mol. The summed E-state index contributed by atoms with van der Waals surface area (Å²) >= 11 is 4.09. The first kappa shape index (κ1) is 14.1. The topological polar surface area (TPSA) is 9.23 Å². The molecule has 0 aliphatic carbocycles. The Morgan fingerprint density at radius 2 is 1.50 bits per heavy atom. The first-order valence-corrected chi connectivity index (χ1v) is 8.74. The van der Waals surface area contributed by atoms with E-state index < -0.39 is 0 Å². The molecule has 1 aliphatic heterocycles. The number of hydrogen-bond acceptors (Lipinski definition) is 3. The van der Waals surface area contributed by atoms with Gasteiger partial charge in [0.2, 0.25) is 0 Å². The van der Waals surface area contributed by atoms with Crippen LogP contribution in [-0.4, -0.2) is 18.6 Å². The van der Waals surface area contributed by atoms with Gasteiger partial charge in [-0.2, -0.15) is 0 Å². The van der Waals surface area contributed by atoms with Crippen molar-refractivity contribution in [2.45, 2.75) is 10.7 Å². The van der Waals surface area contributed by atoms with E-state index in [2.05, 4.69) is 54.6 Å². The molecule has 0 bridgehead atoms. The number of benzene rings is 2. The van der Waals surface area contributed by atoms with Crippen molar-refractivity contribution < 1.29 is 4.74 Å². The van der Waals surface area contributed by atoms with Gasteiger partial charge in [0.1, 0.15) is 4.08 Å². The Morgan fingerprint density at radius 1 is 0.900 bits per heavy atom. The first-order valence-electron chi connectivity index (χ1n) is 6.77. The van der Waals surface area contributed by atoms with Crippen molar-refractivity contribution in [2.75, 3.05) is 18.6 Å². The minimum Gasteiger partial charge on any atom is -0.380 e. The fourth-order valence-electron chi connectivity index (χ4n) is 2.56. The Bertz CT molecular complexity index is 545. The van der Waals surface area contributed by atoms with E-state index in [0.717, 1.165) is 0 Å². The van der Waals surface area contributed by atoms with Crippen LogP contribution in [0.2, 0.25) is 0 Å². The fourth-order valence-corrected chi connectivity index (χ4v) is 5.84. The Labute approximate surface area is 129 Å². The molecule has 0 N–H and O–H groups in total. The van der Waals surface area contributed by atoms with E-state index in [-0.39, 0.29) is 4.08 Å². The summed E-state index contributed by atoms with van der Waals surface area (Å²) in [5, 5.41) is 0. The lowest BCUT2D eigenvalue weighted by Crippen LogP contribution is -2.16. The predicted molar refractivity (Wildman–Crippen MR) is 89.3 cm³/mol. The number of rotatable bonds is 4. The number of methoxy groups -OCH3 is 1. The fraction of sp³-hybridized carbons (Fsp3) is 0.294. The SMILES string of the molecule is COCc1ccc(C2(c3ccccc3)SCCS2)cc1. The van der Waals surface area contributed by atoms with E-state index in [1.165, 1.54) is 28.2 Å². The summed E-state index contributed by atoms with van der Waals surface area (Å²) in [7, 11) is 1.74. The lowest BCUT2D eigenvalue weighted by molar-refractivity contribution is 0.185. The van der Waals surface area contributed by atoms with Crippen LogP contribution >= 0.6 is 23.5 Å². The van der Waals surface area contributed by atoms with Gasteiger partial charge in [0.15, 0.2) is 0 Å². The molecule has 2 aromatic carbocycles. The van der Waals surface area contributed by atoms with Crippen molar-refractivity contribution in [1.29, 1.82) is 0 Å². The lowest BCUT2D eigenvalue weighted by atomic mass is 10.0. The summed E-state index contributed by atoms with van der Waals surface area (Å²) in [6.07, 6.45) is 0. The predicted octanol–water partition coefficient (Wildman–Crippen LogP) is 4.51. The van der Waals surface area contributed by atoms with Gasteiger partial charge in [0, 0.05) is 18.6 Å². The van der Waals surface area contributed by atoms with Crippen LogP contribution in [0.15, 0.2) is 54.6 Å². The molecular weight excluding hydrogens is 284 g/mol. The molecule has 1 fully saturated rings. The van der Waals surface area contributed by atoms with Gasteiger partial charge in [-0.1, -0.05) is 54.6 Å². The van der Waals surface area contributed by atoms with E-state index in [4.69, 9.17) is 4.74 Å². The van der Waals surface area contributed by atoms with Gasteiger partial charge in [-0.05, 0) is 16.7 Å². The van der Waals surface area contributed by atoms with Crippen LogP contribution in [0, 0.1) is 0 Å². The first-order chi connectivity index (χ1) is 9.85. The van der Waals surface area contributed by atoms with Crippen LogP contribution < -0.4 is 0 Å². The number of ether oxygens (including phenoxy) is 1. The van der Waals surface area contributed by atoms with Crippen LogP contribution in [0.1, 0.15) is 16.7 Å². The Kier molecular flexibility index (Phi) is 4.39. The van der Waals surface area contributed by atoms with Crippen LogP contribution in [0.25, 0.3) is 0 Å². The smallest absolute Gasteiger partial charge is 0.111 e. The van der Waals surface area contributed by atoms with Crippen molar-refractivity contribution >= 4 is 23.5 Å². The van der Waals surface area contributed by atoms with Crippen LogP contribution in [-0.2, 0) is 15.4 Å². The molecule has 0 atom stereocenters. The molecule has 0 spiro atoms. The molecular formula is C17H18OS2. The van der Waals surface area contributed by atoms with Crippen molar-refractivity contribution in [3.63, 3.8) is 0 Å². The molecule has 0 saturated carbocycles. The molecule has 2 aromatic rings. The molecule has 0 radical (unpaired) electrons. The third kappa shape index (κ3) is 2.62. The van der Waals surface area contributed by atoms with E-state index in [0.29, 0.717) is 6.61 Å². The molecule has 20 heavy (non-hydrogen) atoms. The van der Waals surface area contributed by atoms with Crippen LogP contribution in [0.5, 0.6) is 0 Å². The molecule has 1 aliphatic rings. The molecule has 1 nitrogen and oxygen atoms in total. The van der Waals surface area contributed by atoms with Crippen molar-refractivity contribution in [1.82, 2.24) is 0 Å². The summed E-state index contributed by atoms with van der Waals surface area (Å²) in [5.74, 6) is 2.42. The average molecular weight is 302 g/mol. The highest BCUT2D eigenvalue weighted by Crippen LogP contribution is 2.56. The van der Waals surface area contributed by atoms with Crippen molar-refractivity contribution in [2.24, 2.45) is 0 Å². The second kappa shape index (κ2) is 6.25. The largest absolute Gasteiger partial charge is 0.380 e. The second-order valence-corrected chi connectivity index (χ2v) is 7.69. The Morgan fingerprint density at radius 3 is 2.10 bits per heavy atom. The molecule has 3 rings (SSSR count). The van der Waals surface area contributed by atoms with Gasteiger partial charge in [-0.15, -0.1) is 23.5 Å². The van der Waals surface area contributed by atoms with Gasteiger partial charge in [-0.25, -0.2) is 0 Å². The molecule has 1 saturated heterocycles. The molecule has 1 heterocycles. The van der Waals surface area contributed by atoms with E-state index in [9.17, 15) is 0 Å². The maximum Gasteiger partial charge on any atom is 0.111 e. The maximum absolute atomic E-state index is 5.19. The number of thioether (sulfide) groups is 2.